The van der Waals surface area contributed by atoms with Crippen molar-refractivity contribution < 1.29 is 99.6 Å². The van der Waals surface area contributed by atoms with E-state index in [4.69, 9.17) is 22.9 Å². The topological polar surface area (TPSA) is 319 Å². The Kier molecular flexibility index (Phi) is 23.0. The van der Waals surface area contributed by atoms with E-state index >= 15 is 0 Å². The highest BCUT2D eigenvalue weighted by Crippen LogP contribution is 2.54. The summed E-state index contributed by atoms with van der Waals surface area (Å²) in [6.07, 6.45) is -16.6. The first-order valence-electron chi connectivity index (χ1n) is 36.9. The third kappa shape index (κ3) is 16.8. The van der Waals surface area contributed by atoms with E-state index in [0.29, 0.717) is 22.3 Å². The van der Waals surface area contributed by atoms with Crippen molar-refractivity contribution in [2.45, 2.75) is 98.5 Å². The lowest BCUT2D eigenvalue weighted by atomic mass is 9.74. The van der Waals surface area contributed by atoms with Crippen molar-refractivity contribution in [2.75, 3.05) is 28.2 Å². The van der Waals surface area contributed by atoms with Crippen LogP contribution in [0.15, 0.2) is 213 Å². The Morgan fingerprint density at radius 3 is 0.992 bits per heavy atom. The van der Waals surface area contributed by atoms with Crippen LogP contribution < -0.4 is 41.9 Å². The van der Waals surface area contributed by atoms with Crippen LogP contribution in [0.25, 0.3) is 22.3 Å². The average molecular weight is 1760 g/mol. The summed E-state index contributed by atoms with van der Waals surface area (Å²) in [5.41, 5.74) is 21.7. The van der Waals surface area contributed by atoms with Gasteiger partial charge < -0.3 is 41.9 Å². The zero-order valence-electron chi connectivity index (χ0n) is 65.9. The standard InChI is InChI=1S/2C24H18F2N4O3S.2C19H16F5N3O/c2*1-23(19-10-16(12-34-19)14-5-3-4-13(8-14)11-27)20(21(31)30(2)22(28)29-23)15-6-7-17-18(9-15)33-24(25,26)32-17;2*1-18(13-9-12(20)7-8-14(13)21)15(16(28)27(2)17(25)26-18)10-3-5-11(6-4-10)19(22,23)24/h2*3-10,12,20H,1-2H3,(H2,28,29);2*3-9,15H,1-2H3,(H2,25,26)/t20-,23+;20-,23-;15-,18+;15-,18-/m0101/s1. The van der Waals surface area contributed by atoms with Gasteiger partial charge in [0, 0.05) is 49.1 Å². The normalized spacial score (nSPS) is 22.9. The lowest BCUT2D eigenvalue weighted by Crippen LogP contribution is -2.52. The molecule has 0 saturated heterocycles. The monoisotopic (exact) mass is 1750 g/mol. The fourth-order valence-electron chi connectivity index (χ4n) is 15.2. The molecule has 8 atom stereocenters. The summed E-state index contributed by atoms with van der Waals surface area (Å²) >= 11 is 2.80. The molecule has 8 N–H and O–H groups in total. The van der Waals surface area contributed by atoms with Gasteiger partial charge in [-0.05, 0) is 204 Å². The highest BCUT2D eigenvalue weighted by molar-refractivity contribution is 7.11. The van der Waals surface area contributed by atoms with Crippen molar-refractivity contribution in [1.82, 2.24) is 19.6 Å². The number of halogens is 14. The van der Waals surface area contributed by atoms with Crippen molar-refractivity contribution in [2.24, 2.45) is 42.9 Å². The quantitative estimate of drug-likeness (QED) is 0.0925. The van der Waals surface area contributed by atoms with Gasteiger partial charge in [-0.15, -0.1) is 40.2 Å². The van der Waals surface area contributed by atoms with Gasteiger partial charge in [0.2, 0.25) is 23.6 Å². The number of nitrogens with two attached hydrogens (primary N) is 4. The minimum atomic E-state index is -4.55. The molecule has 640 valence electrons. The van der Waals surface area contributed by atoms with E-state index in [9.17, 15) is 91.2 Å². The van der Waals surface area contributed by atoms with Crippen LogP contribution >= 0.6 is 22.7 Å². The third-order valence-electron chi connectivity index (χ3n) is 21.8. The van der Waals surface area contributed by atoms with E-state index in [1.165, 1.54) is 98.8 Å². The molecule has 6 aliphatic rings. The predicted molar refractivity (Wildman–Crippen MR) is 428 cm³/mol. The van der Waals surface area contributed by atoms with Crippen molar-refractivity contribution in [3.05, 3.63) is 281 Å². The number of amides is 4. The highest BCUT2D eigenvalue weighted by atomic mass is 32.1. The van der Waals surface area contributed by atoms with Crippen molar-refractivity contribution >= 4 is 70.1 Å². The fourth-order valence-corrected chi connectivity index (χ4v) is 17.3. The molecule has 6 aliphatic heterocycles. The van der Waals surface area contributed by atoms with Crippen LogP contribution in [-0.4, -0.2) is 108 Å². The molecule has 0 fully saturated rings. The first kappa shape index (κ1) is 87.9. The van der Waals surface area contributed by atoms with Crippen LogP contribution in [-0.2, 0) is 53.7 Å². The molecule has 4 amide bonds. The Morgan fingerprint density at radius 2 is 0.677 bits per heavy atom. The molecular formula is C86H68F14N14O8S2. The van der Waals surface area contributed by atoms with E-state index in [0.717, 1.165) is 127 Å². The maximum atomic E-state index is 14.5. The predicted octanol–water partition coefficient (Wildman–Crippen LogP) is 16.3. The van der Waals surface area contributed by atoms with Gasteiger partial charge in [0.15, 0.2) is 46.8 Å². The van der Waals surface area contributed by atoms with Gasteiger partial charge in [0.25, 0.3) is 0 Å². The van der Waals surface area contributed by atoms with Crippen LogP contribution in [0.3, 0.4) is 0 Å². The first-order valence-corrected chi connectivity index (χ1v) is 38.6. The second-order valence-corrected chi connectivity index (χ2v) is 31.6. The number of hydrogen-bond acceptors (Lipinski definition) is 20. The molecular weight excluding hydrogens is 1690 g/mol. The van der Waals surface area contributed by atoms with E-state index < -0.39 is 117 Å². The second-order valence-electron chi connectivity index (χ2n) is 29.8. The zero-order chi connectivity index (χ0) is 90.2. The molecule has 124 heavy (non-hydrogen) atoms. The van der Waals surface area contributed by atoms with Crippen molar-refractivity contribution in [1.29, 1.82) is 10.5 Å². The number of rotatable bonds is 10. The molecule has 0 saturated carbocycles. The van der Waals surface area contributed by atoms with Crippen LogP contribution in [0.1, 0.15) is 117 Å². The molecule has 0 spiro atoms. The van der Waals surface area contributed by atoms with E-state index in [2.05, 4.69) is 51.1 Å². The molecule has 0 unspecified atom stereocenters. The minimum Gasteiger partial charge on any atom is -0.395 e. The number of likely N-dealkylation sites (N-methyl/N-ethyl adjacent to an activating group) is 4. The highest BCUT2D eigenvalue weighted by Gasteiger charge is 2.55. The molecule has 0 aliphatic carbocycles. The Morgan fingerprint density at radius 1 is 0.379 bits per heavy atom. The Balaban J connectivity index is 0.000000143. The smallest absolute Gasteiger partial charge is 0.395 e. The number of thiophene rings is 2. The number of nitrogens with zero attached hydrogens (tertiary/aromatic N) is 10. The fraction of sp³-hybridized carbons (Fsp3) is 0.233. The van der Waals surface area contributed by atoms with Gasteiger partial charge in [-0.25, -0.2) is 37.5 Å². The van der Waals surface area contributed by atoms with Crippen LogP contribution in [0.5, 0.6) is 23.0 Å². The number of ether oxygens (including phenoxy) is 4. The molecule has 2 aromatic heterocycles. The molecule has 38 heteroatoms. The van der Waals surface area contributed by atoms with Gasteiger partial charge in [0.1, 0.15) is 45.4 Å². The number of aliphatic imine (C=N–C) groups is 4. The molecule has 10 aromatic rings. The summed E-state index contributed by atoms with van der Waals surface area (Å²) in [6, 6.07) is 44.3. The Bertz CT molecular complexity index is 5800. The van der Waals surface area contributed by atoms with Crippen LogP contribution in [0.2, 0.25) is 0 Å². The number of carbonyl (C=O) groups excluding carboxylic acids is 4. The molecule has 22 nitrogen and oxygen atoms in total. The average Bonchev–Trinajstić information content (AvgIpc) is 1.74. The Hall–Kier alpha value is -13.9. The maximum absolute atomic E-state index is 14.5. The number of hydrogen-bond donors (Lipinski definition) is 4. The summed E-state index contributed by atoms with van der Waals surface area (Å²) < 4.78 is 206. The van der Waals surface area contributed by atoms with E-state index in [1.807, 2.05) is 35.0 Å². The Labute approximate surface area is 704 Å². The number of guanidine groups is 4. The SMILES string of the molecule is CN1C(=O)[C@@H](c2ccc(C(F)(F)F)cc2)[C@@](C)(c2cc(F)ccc2F)N=C1N.CN1C(=O)[C@@H](c2ccc3c(c2)OC(F)(F)O3)[C@@](C)(c2cc(-c3cccc(C#N)c3)cs2)N=C1N.CN1C(=O)[C@H](c2ccc(C(F)(F)F)cc2)[C@@](C)(c2cc(F)ccc2F)N=C1N.CN1C(=O)[C@H](c2ccc3c(c2)OC(F)(F)O3)[C@@](C)(c2cc(-c3cccc(C#N)c3)cs2)N=C1N. The number of carbonyl (C=O) groups is 4. The second kappa shape index (κ2) is 32.5. The lowest BCUT2D eigenvalue weighted by molar-refractivity contribution is -0.287. The summed E-state index contributed by atoms with van der Waals surface area (Å²) in [5.74, 6) is -9.92. The largest absolute Gasteiger partial charge is 0.586 e. The number of benzene rings is 8. The third-order valence-corrected chi connectivity index (χ3v) is 24.1. The first-order chi connectivity index (χ1) is 58.1. The number of nitriles is 2. The summed E-state index contributed by atoms with van der Waals surface area (Å²) in [4.78, 5) is 76.6. The van der Waals surface area contributed by atoms with Gasteiger partial charge in [-0.2, -0.15) is 36.9 Å². The van der Waals surface area contributed by atoms with Gasteiger partial charge in [-0.3, -0.25) is 38.8 Å². The molecule has 8 heterocycles. The van der Waals surface area contributed by atoms with E-state index in [-0.39, 0.29) is 80.9 Å². The van der Waals surface area contributed by atoms with Gasteiger partial charge in [-0.1, -0.05) is 60.7 Å². The van der Waals surface area contributed by atoms with Gasteiger partial charge >= 0.3 is 24.9 Å². The summed E-state index contributed by atoms with van der Waals surface area (Å²) in [5, 5.41) is 22.3. The number of alkyl halides is 10. The van der Waals surface area contributed by atoms with Crippen LogP contribution in [0.4, 0.5) is 61.5 Å². The van der Waals surface area contributed by atoms with Gasteiger partial charge in [0.05, 0.1) is 58.1 Å². The van der Waals surface area contributed by atoms with Crippen LogP contribution in [0, 0.1) is 45.9 Å². The maximum Gasteiger partial charge on any atom is 0.586 e. The lowest BCUT2D eigenvalue weighted by Gasteiger charge is -2.41. The summed E-state index contributed by atoms with van der Waals surface area (Å²) in [6.45, 7) is 6.36. The summed E-state index contributed by atoms with van der Waals surface area (Å²) in [7, 11) is 5.73. The van der Waals surface area contributed by atoms with Crippen molar-refractivity contribution in [3.63, 3.8) is 0 Å². The molecule has 0 radical (unpaired) electrons. The van der Waals surface area contributed by atoms with E-state index in [1.54, 1.807) is 62.4 Å². The molecule has 8 aromatic carbocycles. The molecule has 0 bridgehead atoms. The number of fused-ring (bicyclic) bond motifs is 2. The molecule has 16 rings (SSSR count). The van der Waals surface area contributed by atoms with Crippen molar-refractivity contribution in [3.8, 4) is 57.4 Å². The zero-order valence-corrected chi connectivity index (χ0v) is 67.6. The minimum absolute atomic E-state index is 0.0532.